The second-order valence-electron chi connectivity index (χ2n) is 14.7. The highest BCUT2D eigenvalue weighted by Gasteiger charge is 2.28. The fourth-order valence-corrected chi connectivity index (χ4v) is 6.49. The number of hydrogen-bond donors (Lipinski definition) is 5. The Bertz CT molecular complexity index is 742. The number of rotatable bonds is 38. The third-order valence-electron chi connectivity index (χ3n) is 9.92. The Hall–Kier alpha value is -1.21. The lowest BCUT2D eigenvalue weighted by atomic mass is 9.99. The van der Waals surface area contributed by atoms with Gasteiger partial charge in [-0.25, -0.2) is 0 Å². The maximum absolute atomic E-state index is 12.5. The summed E-state index contributed by atoms with van der Waals surface area (Å²) < 4.78 is 0. The summed E-state index contributed by atoms with van der Waals surface area (Å²) in [5.74, 6) is -0.590. The van der Waals surface area contributed by atoms with Crippen LogP contribution in [0.25, 0.3) is 0 Å². The topological polar surface area (TPSA) is 110 Å². The van der Waals surface area contributed by atoms with Crippen molar-refractivity contribution >= 4 is 5.91 Å². The number of hydrogen-bond acceptors (Lipinski definition) is 5. The van der Waals surface area contributed by atoms with Gasteiger partial charge in [0.2, 0.25) is 5.91 Å². The minimum Gasteiger partial charge on any atom is -0.394 e. The molecule has 0 aliphatic rings. The molecular formula is C43H83NO5. The first kappa shape index (κ1) is 47.8. The molecule has 4 unspecified atom stereocenters. The summed E-state index contributed by atoms with van der Waals surface area (Å²) in [6.45, 7) is 4.01. The quantitative estimate of drug-likeness (QED) is 0.0327. The molecule has 4 atom stereocenters. The smallest absolute Gasteiger partial charge is 0.249 e. The van der Waals surface area contributed by atoms with Crippen molar-refractivity contribution in [3.63, 3.8) is 0 Å². The number of carbonyl (C=O) groups is 1. The average molecular weight is 694 g/mol. The van der Waals surface area contributed by atoms with E-state index in [2.05, 4.69) is 43.5 Å². The summed E-state index contributed by atoms with van der Waals surface area (Å²) in [5, 5.41) is 43.4. The van der Waals surface area contributed by atoms with Crippen molar-refractivity contribution in [1.29, 1.82) is 0 Å². The van der Waals surface area contributed by atoms with Crippen LogP contribution in [0.5, 0.6) is 0 Å². The van der Waals surface area contributed by atoms with Gasteiger partial charge in [-0.05, 0) is 44.9 Å². The molecule has 0 saturated carbocycles. The van der Waals surface area contributed by atoms with Gasteiger partial charge in [0.1, 0.15) is 12.2 Å². The van der Waals surface area contributed by atoms with E-state index in [1.807, 2.05) is 0 Å². The van der Waals surface area contributed by atoms with Crippen molar-refractivity contribution in [3.05, 3.63) is 24.3 Å². The molecule has 5 N–H and O–H groups in total. The van der Waals surface area contributed by atoms with Gasteiger partial charge in [-0.1, -0.05) is 192 Å². The molecule has 0 fully saturated rings. The highest BCUT2D eigenvalue weighted by atomic mass is 16.3. The van der Waals surface area contributed by atoms with Gasteiger partial charge in [0.15, 0.2) is 0 Å². The van der Waals surface area contributed by atoms with Crippen LogP contribution < -0.4 is 5.32 Å². The van der Waals surface area contributed by atoms with E-state index in [1.54, 1.807) is 0 Å². The van der Waals surface area contributed by atoms with Crippen molar-refractivity contribution in [1.82, 2.24) is 5.32 Å². The monoisotopic (exact) mass is 694 g/mol. The summed E-state index contributed by atoms with van der Waals surface area (Å²) in [6, 6.07) is -0.984. The minimum absolute atomic E-state index is 0.363. The summed E-state index contributed by atoms with van der Waals surface area (Å²) in [6.07, 6.45) is 42.2. The predicted molar refractivity (Wildman–Crippen MR) is 210 cm³/mol. The van der Waals surface area contributed by atoms with Gasteiger partial charge in [-0.3, -0.25) is 4.79 Å². The fraction of sp³-hybridized carbons (Fsp3) is 0.884. The van der Waals surface area contributed by atoms with Crippen LogP contribution in [0, 0.1) is 0 Å². The Morgan fingerprint density at radius 1 is 0.510 bits per heavy atom. The molecule has 0 aromatic rings. The van der Waals surface area contributed by atoms with E-state index in [1.165, 1.54) is 141 Å². The lowest BCUT2D eigenvalue weighted by molar-refractivity contribution is -0.132. The van der Waals surface area contributed by atoms with Crippen LogP contribution in [0.4, 0.5) is 0 Å². The number of nitrogens with one attached hydrogen (secondary N) is 1. The van der Waals surface area contributed by atoms with E-state index in [9.17, 15) is 25.2 Å². The Kier molecular flexibility index (Phi) is 37.1. The van der Waals surface area contributed by atoms with Gasteiger partial charge < -0.3 is 25.7 Å². The van der Waals surface area contributed by atoms with Crippen LogP contribution in [-0.2, 0) is 4.79 Å². The van der Waals surface area contributed by atoms with Crippen LogP contribution in [0.1, 0.15) is 213 Å². The molecule has 0 aliphatic heterocycles. The highest BCUT2D eigenvalue weighted by molar-refractivity contribution is 5.80. The maximum atomic E-state index is 12.5. The third kappa shape index (κ3) is 32.4. The number of amides is 1. The Morgan fingerprint density at radius 3 is 1.29 bits per heavy atom. The molecule has 0 radical (unpaired) electrons. The molecule has 6 nitrogen and oxygen atoms in total. The van der Waals surface area contributed by atoms with Crippen LogP contribution >= 0.6 is 0 Å². The molecule has 0 saturated heterocycles. The molecule has 0 aromatic carbocycles. The maximum Gasteiger partial charge on any atom is 0.249 e. The van der Waals surface area contributed by atoms with Crippen LogP contribution in [0.15, 0.2) is 24.3 Å². The van der Waals surface area contributed by atoms with Gasteiger partial charge in [-0.15, -0.1) is 0 Å². The molecule has 0 bridgehead atoms. The van der Waals surface area contributed by atoms with E-state index in [0.29, 0.717) is 12.8 Å². The van der Waals surface area contributed by atoms with Crippen molar-refractivity contribution in [2.45, 2.75) is 237 Å². The zero-order valence-electron chi connectivity index (χ0n) is 32.4. The van der Waals surface area contributed by atoms with Crippen molar-refractivity contribution in [3.8, 4) is 0 Å². The number of carbonyl (C=O) groups excluding carboxylic acids is 1. The summed E-state index contributed by atoms with van der Waals surface area (Å²) in [4.78, 5) is 12.5. The normalized spacial score (nSPS) is 14.5. The van der Waals surface area contributed by atoms with E-state index in [-0.39, 0.29) is 0 Å². The molecule has 0 aliphatic carbocycles. The van der Waals surface area contributed by atoms with Gasteiger partial charge in [-0.2, -0.15) is 0 Å². The first-order valence-corrected chi connectivity index (χ1v) is 21.2. The lowest BCUT2D eigenvalue weighted by Crippen LogP contribution is -2.53. The standard InChI is InChI=1S/C43H83NO5/c1-3-5-7-9-11-13-14-15-16-17-18-19-20-21-22-23-24-25-26-27-29-31-33-35-37-41(47)43(49)44-39(38-45)42(48)40(46)36-34-32-30-28-12-10-8-6-4-2/h18-19,21-22,39-42,45-48H,3-17,20,23-38H2,1-2H3,(H,44,49)/b19-18-,22-21-. The molecular weight excluding hydrogens is 610 g/mol. The first-order valence-electron chi connectivity index (χ1n) is 21.2. The van der Waals surface area contributed by atoms with E-state index >= 15 is 0 Å². The largest absolute Gasteiger partial charge is 0.394 e. The summed E-state index contributed by atoms with van der Waals surface area (Å²) in [5.41, 5.74) is 0. The minimum atomic E-state index is -1.26. The van der Waals surface area contributed by atoms with Crippen molar-refractivity contribution in [2.24, 2.45) is 0 Å². The third-order valence-corrected chi connectivity index (χ3v) is 9.92. The zero-order chi connectivity index (χ0) is 36.0. The second kappa shape index (κ2) is 38.0. The molecule has 0 heterocycles. The first-order chi connectivity index (χ1) is 24.0. The molecule has 290 valence electrons. The predicted octanol–water partition coefficient (Wildman–Crippen LogP) is 10.8. The van der Waals surface area contributed by atoms with Gasteiger partial charge in [0.05, 0.1) is 18.8 Å². The highest BCUT2D eigenvalue weighted by Crippen LogP contribution is 2.16. The molecule has 0 rings (SSSR count). The number of aliphatic hydroxyl groups is 4. The van der Waals surface area contributed by atoms with Crippen LogP contribution in [-0.4, -0.2) is 57.3 Å². The molecule has 49 heavy (non-hydrogen) atoms. The fourth-order valence-electron chi connectivity index (χ4n) is 6.49. The van der Waals surface area contributed by atoms with Crippen molar-refractivity contribution in [2.75, 3.05) is 6.61 Å². The lowest BCUT2D eigenvalue weighted by Gasteiger charge is -2.27. The number of aliphatic hydroxyl groups excluding tert-OH is 4. The van der Waals surface area contributed by atoms with E-state index < -0.39 is 36.9 Å². The molecule has 0 aromatic heterocycles. The van der Waals surface area contributed by atoms with Crippen molar-refractivity contribution < 1.29 is 25.2 Å². The molecule has 6 heteroatoms. The van der Waals surface area contributed by atoms with Gasteiger partial charge in [0.25, 0.3) is 0 Å². The van der Waals surface area contributed by atoms with E-state index in [0.717, 1.165) is 44.9 Å². The average Bonchev–Trinajstić information content (AvgIpc) is 3.11. The number of allylic oxidation sites excluding steroid dienone is 4. The molecule has 0 spiro atoms. The molecule has 1 amide bonds. The zero-order valence-corrected chi connectivity index (χ0v) is 32.4. The Labute approximate surface area is 304 Å². The van der Waals surface area contributed by atoms with Gasteiger partial charge in [0, 0.05) is 0 Å². The van der Waals surface area contributed by atoms with Gasteiger partial charge >= 0.3 is 0 Å². The SMILES string of the molecule is CCCCCCCCCCC/C=C\C/C=C\CCCCCCCCCCC(O)C(=O)NC(CO)C(O)C(O)CCCCCCCCCCC. The Balaban J connectivity index is 3.70. The second-order valence-corrected chi connectivity index (χ2v) is 14.7. The van der Waals surface area contributed by atoms with Crippen LogP contribution in [0.3, 0.4) is 0 Å². The van der Waals surface area contributed by atoms with E-state index in [4.69, 9.17) is 0 Å². The summed E-state index contributed by atoms with van der Waals surface area (Å²) in [7, 11) is 0. The number of unbranched alkanes of at least 4 members (excludes halogenated alkanes) is 25. The van der Waals surface area contributed by atoms with Crippen LogP contribution in [0.2, 0.25) is 0 Å². The Morgan fingerprint density at radius 2 is 0.878 bits per heavy atom. The summed E-state index contributed by atoms with van der Waals surface area (Å²) >= 11 is 0.